The average molecular weight is 297 g/mol. The fraction of sp³-hybridized carbons (Fsp3) is 0.125. The van der Waals surface area contributed by atoms with Crippen molar-refractivity contribution in [3.05, 3.63) is 64.6 Å². The number of halogens is 1. The Kier molecular flexibility index (Phi) is 3.51. The lowest BCUT2D eigenvalue weighted by atomic mass is 10.2. The minimum Gasteiger partial charge on any atom is -0.378 e. The topological polar surface area (TPSA) is 53.1 Å². The number of rotatable bonds is 3. The second-order valence-electron chi connectivity index (χ2n) is 4.73. The number of fused-ring (bicyclic) bond motifs is 1. The summed E-state index contributed by atoms with van der Waals surface area (Å²) in [5, 5.41) is 12.8. The minimum absolute atomic E-state index is 0.580. The van der Waals surface area contributed by atoms with Crippen molar-refractivity contribution in [2.24, 2.45) is 0 Å². The van der Waals surface area contributed by atoms with Crippen LogP contribution >= 0.6 is 11.6 Å². The third-order valence-electron chi connectivity index (χ3n) is 3.37. The maximum absolute atomic E-state index is 8.96. The number of pyridine rings is 1. The van der Waals surface area contributed by atoms with Gasteiger partial charge in [0.1, 0.15) is 5.65 Å². The molecule has 0 aliphatic rings. The normalized spacial score (nSPS) is 10.5. The molecule has 0 radical (unpaired) electrons. The smallest absolute Gasteiger partial charge is 0.137 e. The van der Waals surface area contributed by atoms with Crippen LogP contribution in [0.4, 0.5) is 5.69 Å². The van der Waals surface area contributed by atoms with Crippen LogP contribution in [0.15, 0.2) is 42.6 Å². The number of anilines is 1. The Morgan fingerprint density at radius 1 is 1.33 bits per heavy atom. The Morgan fingerprint density at radius 3 is 3.00 bits per heavy atom. The molecule has 0 saturated heterocycles. The number of nitrogens with zero attached hydrogens (tertiary/aromatic N) is 3. The standard InChI is InChI=1S/C16H13ClN4/c1-11-15(21-7-3-2-4-16(21)20-11)10-19-14-8-12(9-18)5-6-13(14)17/h2-8,19H,10H2,1H3. The Balaban J connectivity index is 1.90. The lowest BCUT2D eigenvalue weighted by Crippen LogP contribution is -2.04. The van der Waals surface area contributed by atoms with Crippen LogP contribution < -0.4 is 5.32 Å². The van der Waals surface area contributed by atoms with E-state index >= 15 is 0 Å². The van der Waals surface area contributed by atoms with E-state index in [0.29, 0.717) is 17.1 Å². The summed E-state index contributed by atoms with van der Waals surface area (Å²) in [4.78, 5) is 4.52. The van der Waals surface area contributed by atoms with E-state index in [4.69, 9.17) is 16.9 Å². The number of benzene rings is 1. The van der Waals surface area contributed by atoms with Crippen LogP contribution in [0.5, 0.6) is 0 Å². The van der Waals surface area contributed by atoms with E-state index in [2.05, 4.69) is 16.4 Å². The lowest BCUT2D eigenvalue weighted by molar-refractivity contribution is 0.987. The number of imidazole rings is 1. The predicted octanol–water partition coefficient (Wildman–Crippen LogP) is 3.78. The summed E-state index contributed by atoms with van der Waals surface area (Å²) in [7, 11) is 0. The molecule has 4 nitrogen and oxygen atoms in total. The van der Waals surface area contributed by atoms with E-state index in [9.17, 15) is 0 Å². The molecule has 3 rings (SSSR count). The van der Waals surface area contributed by atoms with Crippen LogP contribution in [-0.4, -0.2) is 9.38 Å². The molecule has 1 aromatic carbocycles. The molecule has 1 N–H and O–H groups in total. The molecule has 0 bridgehead atoms. The maximum Gasteiger partial charge on any atom is 0.137 e. The first kappa shape index (κ1) is 13.5. The molecule has 21 heavy (non-hydrogen) atoms. The van der Waals surface area contributed by atoms with Gasteiger partial charge < -0.3 is 9.72 Å². The predicted molar refractivity (Wildman–Crippen MR) is 83.4 cm³/mol. The highest BCUT2D eigenvalue weighted by Crippen LogP contribution is 2.24. The van der Waals surface area contributed by atoms with Gasteiger partial charge in [-0.25, -0.2) is 4.98 Å². The van der Waals surface area contributed by atoms with Crippen molar-refractivity contribution in [1.29, 1.82) is 5.26 Å². The zero-order chi connectivity index (χ0) is 14.8. The van der Waals surface area contributed by atoms with Crippen molar-refractivity contribution >= 4 is 22.9 Å². The molecule has 0 aliphatic carbocycles. The first-order chi connectivity index (χ1) is 10.2. The molecule has 2 aromatic heterocycles. The number of aryl methyl sites for hydroxylation is 1. The van der Waals surface area contributed by atoms with Crippen molar-refractivity contribution in [3.8, 4) is 6.07 Å². The molecule has 5 heteroatoms. The molecule has 0 fully saturated rings. The van der Waals surface area contributed by atoms with Crippen LogP contribution in [0.2, 0.25) is 5.02 Å². The molecule has 0 atom stereocenters. The second kappa shape index (κ2) is 5.47. The van der Waals surface area contributed by atoms with E-state index in [-0.39, 0.29) is 0 Å². The summed E-state index contributed by atoms with van der Waals surface area (Å²) in [6.45, 7) is 2.57. The fourth-order valence-corrected chi connectivity index (χ4v) is 2.47. The van der Waals surface area contributed by atoms with E-state index in [1.807, 2.05) is 35.7 Å². The van der Waals surface area contributed by atoms with Gasteiger partial charge in [0.05, 0.1) is 40.3 Å². The minimum atomic E-state index is 0.580. The molecule has 0 aliphatic heterocycles. The van der Waals surface area contributed by atoms with Crippen molar-refractivity contribution in [1.82, 2.24) is 9.38 Å². The molecule has 0 spiro atoms. The van der Waals surface area contributed by atoms with Gasteiger partial charge in [-0.15, -0.1) is 0 Å². The first-order valence-electron chi connectivity index (χ1n) is 6.55. The van der Waals surface area contributed by atoms with E-state index < -0.39 is 0 Å². The number of nitrogens with one attached hydrogen (secondary N) is 1. The van der Waals surface area contributed by atoms with Crippen LogP contribution in [0.1, 0.15) is 17.0 Å². The van der Waals surface area contributed by atoms with Crippen LogP contribution in [0, 0.1) is 18.3 Å². The maximum atomic E-state index is 8.96. The van der Waals surface area contributed by atoms with Gasteiger partial charge in [-0.1, -0.05) is 17.7 Å². The highest BCUT2D eigenvalue weighted by atomic mass is 35.5. The molecule has 2 heterocycles. The van der Waals surface area contributed by atoms with Crippen molar-refractivity contribution < 1.29 is 0 Å². The molecule has 3 aromatic rings. The van der Waals surface area contributed by atoms with Gasteiger partial charge in [-0.05, 0) is 37.3 Å². The van der Waals surface area contributed by atoms with Gasteiger partial charge in [0.15, 0.2) is 0 Å². The monoisotopic (exact) mass is 296 g/mol. The first-order valence-corrected chi connectivity index (χ1v) is 6.93. The van der Waals surface area contributed by atoms with E-state index in [1.54, 1.807) is 18.2 Å². The van der Waals surface area contributed by atoms with Crippen LogP contribution in [-0.2, 0) is 6.54 Å². The van der Waals surface area contributed by atoms with Gasteiger partial charge in [0.25, 0.3) is 0 Å². The zero-order valence-electron chi connectivity index (χ0n) is 11.5. The third-order valence-corrected chi connectivity index (χ3v) is 3.70. The Hall–Kier alpha value is -2.51. The molecule has 0 unspecified atom stereocenters. The summed E-state index contributed by atoms with van der Waals surface area (Å²) in [5.74, 6) is 0. The lowest BCUT2D eigenvalue weighted by Gasteiger charge is -2.09. The van der Waals surface area contributed by atoms with Gasteiger partial charge in [0.2, 0.25) is 0 Å². The highest BCUT2D eigenvalue weighted by molar-refractivity contribution is 6.33. The Bertz CT molecular complexity index is 845. The Labute approximate surface area is 127 Å². The van der Waals surface area contributed by atoms with Gasteiger partial charge in [-0.2, -0.15) is 5.26 Å². The van der Waals surface area contributed by atoms with Crippen LogP contribution in [0.25, 0.3) is 5.65 Å². The number of hydrogen-bond donors (Lipinski definition) is 1. The molecule has 104 valence electrons. The van der Waals surface area contributed by atoms with Gasteiger partial charge in [-0.3, -0.25) is 0 Å². The van der Waals surface area contributed by atoms with E-state index in [1.165, 1.54) is 0 Å². The second-order valence-corrected chi connectivity index (χ2v) is 5.14. The highest BCUT2D eigenvalue weighted by Gasteiger charge is 2.09. The summed E-state index contributed by atoms with van der Waals surface area (Å²) in [6.07, 6.45) is 1.99. The third kappa shape index (κ3) is 2.56. The quantitative estimate of drug-likeness (QED) is 0.800. The molecular weight excluding hydrogens is 284 g/mol. The largest absolute Gasteiger partial charge is 0.378 e. The van der Waals surface area contributed by atoms with Crippen molar-refractivity contribution in [3.63, 3.8) is 0 Å². The summed E-state index contributed by atoms with van der Waals surface area (Å²) >= 11 is 6.16. The average Bonchev–Trinajstić information content (AvgIpc) is 2.82. The van der Waals surface area contributed by atoms with E-state index in [0.717, 1.165) is 22.7 Å². The molecular formula is C16H13ClN4. The number of aromatic nitrogens is 2. The fourth-order valence-electron chi connectivity index (χ4n) is 2.29. The van der Waals surface area contributed by atoms with Gasteiger partial charge in [0, 0.05) is 6.20 Å². The number of hydrogen-bond acceptors (Lipinski definition) is 3. The molecule has 0 saturated carbocycles. The zero-order valence-corrected chi connectivity index (χ0v) is 12.2. The Morgan fingerprint density at radius 2 is 2.19 bits per heavy atom. The SMILES string of the molecule is Cc1nc2ccccn2c1CNc1cc(C#N)ccc1Cl. The van der Waals surface area contributed by atoms with Crippen molar-refractivity contribution in [2.45, 2.75) is 13.5 Å². The van der Waals surface area contributed by atoms with Gasteiger partial charge >= 0.3 is 0 Å². The summed E-state index contributed by atoms with van der Waals surface area (Å²) in [5.41, 5.74) is 4.30. The number of nitriles is 1. The van der Waals surface area contributed by atoms with Crippen LogP contribution in [0.3, 0.4) is 0 Å². The summed E-state index contributed by atoms with van der Waals surface area (Å²) in [6, 6.07) is 13.2. The van der Waals surface area contributed by atoms with Crippen molar-refractivity contribution in [2.75, 3.05) is 5.32 Å². The summed E-state index contributed by atoms with van der Waals surface area (Å²) < 4.78 is 2.05. The molecule has 0 amide bonds.